The van der Waals surface area contributed by atoms with Gasteiger partial charge in [0.15, 0.2) is 0 Å². The number of nitrogens with zero attached hydrogens (tertiary/aromatic N) is 2. The Hall–Kier alpha value is -2.08. The first-order valence-electron chi connectivity index (χ1n) is 4.18. The summed E-state index contributed by atoms with van der Waals surface area (Å²) in [4.78, 5) is 0. The number of hydrogen-bond donors (Lipinski definition) is 0. The molecule has 0 saturated heterocycles. The molecule has 0 bridgehead atoms. The first-order valence-corrected chi connectivity index (χ1v) is 4.18. The summed E-state index contributed by atoms with van der Waals surface area (Å²) in [6, 6.07) is 7.63. The van der Waals surface area contributed by atoms with Crippen LogP contribution in [0, 0.1) is 12.3 Å². The van der Waals surface area contributed by atoms with Gasteiger partial charge in [0.2, 0.25) is 0 Å². The Balaban J connectivity index is 2.49. The molecule has 0 spiro atoms. The molecule has 1 aromatic carbocycles. The highest BCUT2D eigenvalue weighted by molar-refractivity contribution is 5.83. The van der Waals surface area contributed by atoms with Gasteiger partial charge >= 0.3 is 0 Å². The Morgan fingerprint density at radius 3 is 3.07 bits per heavy atom. The molecule has 3 nitrogen and oxygen atoms in total. The van der Waals surface area contributed by atoms with Gasteiger partial charge in [-0.2, -0.15) is 10.2 Å². The Kier molecular flexibility index (Phi) is 2.28. The van der Waals surface area contributed by atoms with Crippen molar-refractivity contribution in [2.45, 2.75) is 0 Å². The molecule has 68 valence electrons. The van der Waals surface area contributed by atoms with Gasteiger partial charge in [0.1, 0.15) is 12.4 Å². The first kappa shape index (κ1) is 8.52. The topological polar surface area (TPSA) is 35.0 Å². The van der Waals surface area contributed by atoms with Gasteiger partial charge in [-0.3, -0.25) is 0 Å². The van der Waals surface area contributed by atoms with E-state index >= 15 is 0 Å². The van der Waals surface area contributed by atoms with Crippen LogP contribution in [-0.2, 0) is 0 Å². The molecule has 0 fully saturated rings. The van der Waals surface area contributed by atoms with Crippen LogP contribution in [0.4, 0.5) is 0 Å². The molecular formula is C11H8N2O. The van der Waals surface area contributed by atoms with E-state index in [0.29, 0.717) is 5.75 Å². The third-order valence-corrected chi connectivity index (χ3v) is 1.82. The van der Waals surface area contributed by atoms with Crippen molar-refractivity contribution in [2.24, 2.45) is 0 Å². The van der Waals surface area contributed by atoms with Gasteiger partial charge in [-0.25, -0.2) is 0 Å². The molecule has 0 aliphatic carbocycles. The molecule has 0 N–H and O–H groups in total. The zero-order chi connectivity index (χ0) is 9.80. The number of hydrogen-bond acceptors (Lipinski definition) is 3. The quantitative estimate of drug-likeness (QED) is 0.665. The summed E-state index contributed by atoms with van der Waals surface area (Å²) in [6.07, 6.45) is 6.68. The summed E-state index contributed by atoms with van der Waals surface area (Å²) < 4.78 is 5.33. The molecule has 1 aromatic heterocycles. The molecule has 1 heterocycles. The third-order valence-electron chi connectivity index (χ3n) is 1.82. The Bertz CT molecular complexity index is 483. The van der Waals surface area contributed by atoms with Crippen LogP contribution in [0.5, 0.6) is 5.75 Å². The fourth-order valence-electron chi connectivity index (χ4n) is 1.22. The van der Waals surface area contributed by atoms with E-state index in [4.69, 9.17) is 11.2 Å². The maximum Gasteiger partial charge on any atom is 0.150 e. The lowest BCUT2D eigenvalue weighted by Gasteiger charge is -2.04. The minimum Gasteiger partial charge on any atom is -0.479 e. The molecule has 0 atom stereocenters. The van der Waals surface area contributed by atoms with E-state index in [-0.39, 0.29) is 6.61 Å². The van der Waals surface area contributed by atoms with Crippen molar-refractivity contribution in [3.8, 4) is 18.1 Å². The predicted molar refractivity (Wildman–Crippen MR) is 53.9 cm³/mol. The fourth-order valence-corrected chi connectivity index (χ4v) is 1.22. The number of rotatable bonds is 2. The van der Waals surface area contributed by atoms with Gasteiger partial charge in [-0.1, -0.05) is 18.1 Å². The molecule has 0 radical (unpaired) electrons. The Morgan fingerprint density at radius 1 is 1.36 bits per heavy atom. The van der Waals surface area contributed by atoms with E-state index in [1.54, 1.807) is 6.20 Å². The Labute approximate surface area is 81.7 Å². The van der Waals surface area contributed by atoms with Crippen LogP contribution in [0.15, 0.2) is 30.5 Å². The van der Waals surface area contributed by atoms with E-state index in [0.717, 1.165) is 10.9 Å². The van der Waals surface area contributed by atoms with E-state index in [9.17, 15) is 0 Å². The SMILES string of the molecule is C#CCOc1cnnc2ccccc12. The third kappa shape index (κ3) is 1.50. The van der Waals surface area contributed by atoms with Crippen LogP contribution in [0.1, 0.15) is 0 Å². The average Bonchev–Trinajstić information content (AvgIpc) is 2.26. The van der Waals surface area contributed by atoms with Crippen LogP contribution in [0.25, 0.3) is 10.9 Å². The van der Waals surface area contributed by atoms with Gasteiger partial charge in [0.25, 0.3) is 0 Å². The Morgan fingerprint density at radius 2 is 2.21 bits per heavy atom. The highest BCUT2D eigenvalue weighted by Gasteiger charge is 2.01. The van der Waals surface area contributed by atoms with Gasteiger partial charge in [0, 0.05) is 5.39 Å². The lowest BCUT2D eigenvalue weighted by Crippen LogP contribution is -1.96. The second-order valence-electron chi connectivity index (χ2n) is 2.72. The normalized spacial score (nSPS) is 9.64. The molecule has 0 aliphatic rings. The lowest BCUT2D eigenvalue weighted by atomic mass is 10.2. The van der Waals surface area contributed by atoms with Gasteiger partial charge in [0.05, 0.1) is 11.7 Å². The van der Waals surface area contributed by atoms with Crippen LogP contribution >= 0.6 is 0 Å². The minimum absolute atomic E-state index is 0.246. The van der Waals surface area contributed by atoms with Crippen molar-refractivity contribution in [3.63, 3.8) is 0 Å². The molecule has 14 heavy (non-hydrogen) atoms. The summed E-state index contributed by atoms with van der Waals surface area (Å²) in [6.45, 7) is 0.246. The molecule has 0 aliphatic heterocycles. The number of benzene rings is 1. The maximum atomic E-state index is 5.33. The van der Waals surface area contributed by atoms with Crippen molar-refractivity contribution < 1.29 is 4.74 Å². The molecule has 2 aromatic rings. The summed E-state index contributed by atoms with van der Waals surface area (Å²) in [7, 11) is 0. The second kappa shape index (κ2) is 3.75. The number of ether oxygens (including phenoxy) is 1. The summed E-state index contributed by atoms with van der Waals surface area (Å²) in [5, 5.41) is 8.72. The van der Waals surface area contributed by atoms with Crippen LogP contribution in [0.2, 0.25) is 0 Å². The summed E-state index contributed by atoms with van der Waals surface area (Å²) in [5.41, 5.74) is 0.807. The van der Waals surface area contributed by atoms with Crippen molar-refractivity contribution >= 4 is 10.9 Å². The lowest BCUT2D eigenvalue weighted by molar-refractivity contribution is 0.372. The van der Waals surface area contributed by atoms with Gasteiger partial charge in [-0.05, 0) is 12.1 Å². The van der Waals surface area contributed by atoms with E-state index in [1.165, 1.54) is 0 Å². The predicted octanol–water partition coefficient (Wildman–Crippen LogP) is 1.64. The minimum atomic E-state index is 0.246. The fraction of sp³-hybridized carbons (Fsp3) is 0.0909. The van der Waals surface area contributed by atoms with Crippen LogP contribution in [0.3, 0.4) is 0 Å². The zero-order valence-electron chi connectivity index (χ0n) is 7.47. The van der Waals surface area contributed by atoms with Gasteiger partial charge < -0.3 is 4.74 Å². The molecule has 0 saturated carbocycles. The number of aromatic nitrogens is 2. The standard InChI is InChI=1S/C11H8N2O/c1-2-7-14-11-8-12-13-10-6-4-3-5-9(10)11/h1,3-6,8H,7H2. The molecule has 2 rings (SSSR count). The van der Waals surface area contributed by atoms with Crippen LogP contribution < -0.4 is 4.74 Å². The second-order valence-corrected chi connectivity index (χ2v) is 2.72. The monoisotopic (exact) mass is 184 g/mol. The zero-order valence-corrected chi connectivity index (χ0v) is 7.47. The first-order chi connectivity index (χ1) is 6.92. The molecule has 3 heteroatoms. The van der Waals surface area contributed by atoms with E-state index in [2.05, 4.69) is 16.1 Å². The van der Waals surface area contributed by atoms with E-state index < -0.39 is 0 Å². The largest absolute Gasteiger partial charge is 0.479 e. The summed E-state index contributed by atoms with van der Waals surface area (Å²) in [5.74, 6) is 3.09. The molecule has 0 amide bonds. The highest BCUT2D eigenvalue weighted by atomic mass is 16.5. The number of fused-ring (bicyclic) bond motifs is 1. The smallest absolute Gasteiger partial charge is 0.150 e. The van der Waals surface area contributed by atoms with Gasteiger partial charge in [-0.15, -0.1) is 6.42 Å². The average molecular weight is 184 g/mol. The summed E-state index contributed by atoms with van der Waals surface area (Å²) >= 11 is 0. The van der Waals surface area contributed by atoms with E-state index in [1.807, 2.05) is 24.3 Å². The molecule has 0 unspecified atom stereocenters. The van der Waals surface area contributed by atoms with Crippen molar-refractivity contribution in [3.05, 3.63) is 30.5 Å². The van der Waals surface area contributed by atoms with Crippen LogP contribution in [-0.4, -0.2) is 16.8 Å². The van der Waals surface area contributed by atoms with Crippen molar-refractivity contribution in [2.75, 3.05) is 6.61 Å². The molecular weight excluding hydrogens is 176 g/mol. The highest BCUT2D eigenvalue weighted by Crippen LogP contribution is 2.21. The van der Waals surface area contributed by atoms with Crippen molar-refractivity contribution in [1.82, 2.24) is 10.2 Å². The number of terminal acetylenes is 1. The maximum absolute atomic E-state index is 5.33. The van der Waals surface area contributed by atoms with Crippen molar-refractivity contribution in [1.29, 1.82) is 0 Å².